The fourth-order valence-electron chi connectivity index (χ4n) is 7.60. The van der Waals surface area contributed by atoms with Gasteiger partial charge in [-0.25, -0.2) is 4.79 Å². The van der Waals surface area contributed by atoms with Gasteiger partial charge in [-0.1, -0.05) is 52.7 Å². The molecule has 0 heterocycles. The van der Waals surface area contributed by atoms with Gasteiger partial charge in [0.25, 0.3) is 0 Å². The molecule has 8 amide bonds. The molecular weight excluding hydrogens is 1050 g/mol. The average molecular weight is 1140 g/mol. The number of aromatic hydroxyl groups is 1. The van der Waals surface area contributed by atoms with Crippen molar-refractivity contribution < 1.29 is 73.2 Å². The van der Waals surface area contributed by atoms with Gasteiger partial charge in [-0.2, -0.15) is 11.8 Å². The number of carbonyl (C=O) groups excluding carboxylic acids is 8. The summed E-state index contributed by atoms with van der Waals surface area (Å²) >= 11 is 1.39. The zero-order chi connectivity index (χ0) is 59.9. The number of aliphatic imine (C=N–C) groups is 1. The number of carboxylic acid groups (broad SMARTS) is 3. The maximum absolute atomic E-state index is 14.3. The number of amides is 8. The number of nitrogens with two attached hydrogens (primary N) is 4. The van der Waals surface area contributed by atoms with Crippen molar-refractivity contribution in [1.82, 2.24) is 42.5 Å². The van der Waals surface area contributed by atoms with Crippen LogP contribution in [0.4, 0.5) is 0 Å². The Labute approximate surface area is 463 Å². The summed E-state index contributed by atoms with van der Waals surface area (Å²) < 4.78 is 0. The molecule has 1 rings (SSSR count). The predicted octanol–water partition coefficient (Wildman–Crippen LogP) is -2.39. The predicted molar refractivity (Wildman–Crippen MR) is 292 cm³/mol. The smallest absolute Gasteiger partial charge is 0.326 e. The van der Waals surface area contributed by atoms with Gasteiger partial charge in [-0.05, 0) is 100.0 Å². The van der Waals surface area contributed by atoms with Gasteiger partial charge in [0.15, 0.2) is 5.96 Å². The van der Waals surface area contributed by atoms with Crippen LogP contribution in [-0.4, -0.2) is 171 Å². The van der Waals surface area contributed by atoms with Gasteiger partial charge in [0.05, 0.1) is 12.5 Å². The molecule has 0 saturated carbocycles. The number of thioether (sulfide) groups is 1. The SMILES string of the molecule is CC[C@H](C)[C@H](NC(=O)[C@H](CC(=O)O)NC(=O)[C@H](C)NC(=O)[C@H](CCSC)NC(=O)[C@@H](N)CCCCN)C(=O)N[C@@H](CCC(=O)O)C(=O)N[C@@H](Cc1ccc(O)cc1)C(=O)N[C@@H](CCCN=C(N)N)C(=O)N[C@@H](CC(C)C)C(=O)O. The van der Waals surface area contributed by atoms with E-state index in [1.165, 1.54) is 49.9 Å². The minimum Gasteiger partial charge on any atom is -0.508 e. The summed E-state index contributed by atoms with van der Waals surface area (Å²) in [6.07, 6.45) is 1.07. The highest BCUT2D eigenvalue weighted by Gasteiger charge is 2.36. The summed E-state index contributed by atoms with van der Waals surface area (Å²) in [6.45, 7) is 8.33. The number of guanidine groups is 1. The van der Waals surface area contributed by atoms with Gasteiger partial charge in [-0.15, -0.1) is 0 Å². The lowest BCUT2D eigenvalue weighted by molar-refractivity contribution is -0.143. The quantitative estimate of drug-likeness (QED) is 0.0186. The number of hydrogen-bond donors (Lipinski definition) is 16. The van der Waals surface area contributed by atoms with Crippen LogP contribution in [0.2, 0.25) is 0 Å². The van der Waals surface area contributed by atoms with Crippen molar-refractivity contribution in [2.45, 2.75) is 166 Å². The zero-order valence-corrected chi connectivity index (χ0v) is 46.5. The molecule has 29 heteroatoms. The molecule has 0 bridgehead atoms. The maximum Gasteiger partial charge on any atom is 0.326 e. The summed E-state index contributed by atoms with van der Waals surface area (Å²) in [5, 5.41) is 58.9. The lowest BCUT2D eigenvalue weighted by atomic mass is 9.96. The van der Waals surface area contributed by atoms with Crippen LogP contribution < -0.4 is 65.5 Å². The normalized spacial score (nSPS) is 14.8. The van der Waals surface area contributed by atoms with Crippen LogP contribution in [-0.2, 0) is 59.2 Å². The number of aliphatic carboxylic acids is 3. The first-order valence-corrected chi connectivity index (χ1v) is 27.4. The molecule has 10 atom stereocenters. The van der Waals surface area contributed by atoms with E-state index >= 15 is 0 Å². The van der Waals surface area contributed by atoms with E-state index in [1.807, 2.05) is 0 Å². The van der Waals surface area contributed by atoms with Crippen LogP contribution in [0, 0.1) is 11.8 Å². The molecule has 0 aromatic heterocycles. The summed E-state index contributed by atoms with van der Waals surface area (Å²) in [7, 11) is 0. The van der Waals surface area contributed by atoms with Gasteiger partial charge in [0, 0.05) is 19.4 Å². The van der Waals surface area contributed by atoms with Crippen LogP contribution in [0.25, 0.3) is 0 Å². The van der Waals surface area contributed by atoms with E-state index in [4.69, 9.17) is 22.9 Å². The Kier molecular flexibility index (Phi) is 32.4. The average Bonchev–Trinajstić information content (AvgIpc) is 3.38. The number of rotatable bonds is 39. The molecule has 0 spiro atoms. The standard InChI is InChI=1S/C50H83N13O15S/c1-7-27(4)40(63-47(75)36(25-39(67)68)60-41(69)28(5)56-43(71)34(19-22-79-6)57-42(70)31(52)11-8-9-20-51)48(76)59-33(17-18-38(65)66)45(73)61-35(24-29-13-15-30(64)16-14-29)46(74)58-32(12-10-21-55-50(53)54)44(72)62-37(49(77)78)23-26(2)3/h13-16,26-28,31-37,40,64H,7-12,17-25,51-52H2,1-6H3,(H,56,71)(H,57,70)(H,58,74)(H,59,76)(H,60,69)(H,61,73)(H,62,72)(H,63,75)(H,65,66)(H,67,68)(H,77,78)(H4,53,54,55)/t27-,28-,31-,32-,33-,34-,35-,36-,37-,40-/m0/s1. The third-order valence-electron chi connectivity index (χ3n) is 12.3. The van der Waals surface area contributed by atoms with Crippen molar-refractivity contribution in [3.05, 3.63) is 29.8 Å². The highest BCUT2D eigenvalue weighted by Crippen LogP contribution is 2.15. The minimum atomic E-state index is -1.85. The molecule has 79 heavy (non-hydrogen) atoms. The number of phenolic OH excluding ortho intramolecular Hbond substituents is 1. The van der Waals surface area contributed by atoms with E-state index in [1.54, 1.807) is 27.0 Å². The number of carbonyl (C=O) groups is 11. The molecule has 1 aromatic rings. The Bertz CT molecular complexity index is 2240. The molecule has 0 aliphatic heterocycles. The van der Waals surface area contributed by atoms with Gasteiger partial charge in [-0.3, -0.25) is 52.9 Å². The van der Waals surface area contributed by atoms with Crippen LogP contribution in [0.1, 0.15) is 111 Å². The third kappa shape index (κ3) is 27.7. The van der Waals surface area contributed by atoms with Crippen molar-refractivity contribution in [3.8, 4) is 5.75 Å². The molecule has 0 fully saturated rings. The number of hydrogen-bond acceptors (Lipinski definition) is 16. The number of nitrogens with one attached hydrogen (secondary N) is 8. The minimum absolute atomic E-state index is 0.0104. The van der Waals surface area contributed by atoms with E-state index in [-0.39, 0.29) is 62.7 Å². The highest BCUT2D eigenvalue weighted by molar-refractivity contribution is 7.98. The summed E-state index contributed by atoms with van der Waals surface area (Å²) in [5.41, 5.74) is 22.8. The zero-order valence-electron chi connectivity index (χ0n) is 45.7. The Hall–Kier alpha value is -7.27. The van der Waals surface area contributed by atoms with E-state index in [0.717, 1.165) is 0 Å². The first-order valence-electron chi connectivity index (χ1n) is 26.0. The number of carboxylic acids is 3. The van der Waals surface area contributed by atoms with Gasteiger partial charge >= 0.3 is 17.9 Å². The van der Waals surface area contributed by atoms with Crippen LogP contribution in [0.3, 0.4) is 0 Å². The molecular formula is C50H83N13O15S. The second kappa shape index (κ2) is 36.8. The lowest BCUT2D eigenvalue weighted by Gasteiger charge is -2.29. The molecule has 0 saturated heterocycles. The van der Waals surface area contributed by atoms with Gasteiger partial charge in [0.1, 0.15) is 54.1 Å². The van der Waals surface area contributed by atoms with Crippen molar-refractivity contribution in [2.75, 3.05) is 25.1 Å². The van der Waals surface area contributed by atoms with Crippen molar-refractivity contribution in [2.24, 2.45) is 39.8 Å². The number of unbranched alkanes of at least 4 members (excludes halogenated alkanes) is 1. The largest absolute Gasteiger partial charge is 0.508 e. The number of phenols is 1. The molecule has 20 N–H and O–H groups in total. The van der Waals surface area contributed by atoms with E-state index < -0.39 is 145 Å². The Balaban J connectivity index is 3.56. The monoisotopic (exact) mass is 1140 g/mol. The Morgan fingerprint density at radius 2 is 1.11 bits per heavy atom. The summed E-state index contributed by atoms with van der Waals surface area (Å²) in [6, 6.07) is -7.50. The molecule has 28 nitrogen and oxygen atoms in total. The van der Waals surface area contributed by atoms with E-state index in [0.29, 0.717) is 37.1 Å². The fourth-order valence-corrected chi connectivity index (χ4v) is 8.07. The molecule has 444 valence electrons. The van der Waals surface area contributed by atoms with E-state index in [2.05, 4.69) is 47.5 Å². The summed E-state index contributed by atoms with van der Waals surface area (Å²) in [5.74, 6) is -12.7. The molecule has 0 unspecified atom stereocenters. The molecule has 0 aliphatic carbocycles. The topological polar surface area (TPSA) is 481 Å². The number of nitrogens with zero attached hydrogens (tertiary/aromatic N) is 1. The van der Waals surface area contributed by atoms with Crippen molar-refractivity contribution in [3.63, 3.8) is 0 Å². The van der Waals surface area contributed by atoms with Crippen molar-refractivity contribution >= 4 is 82.9 Å². The van der Waals surface area contributed by atoms with E-state index in [9.17, 15) is 73.2 Å². The first-order chi connectivity index (χ1) is 37.1. The van der Waals surface area contributed by atoms with Crippen LogP contribution in [0.5, 0.6) is 5.75 Å². The highest BCUT2D eigenvalue weighted by atomic mass is 32.2. The molecule has 0 aliphatic rings. The third-order valence-corrected chi connectivity index (χ3v) is 12.9. The molecule has 1 aromatic carbocycles. The molecule has 0 radical (unpaired) electrons. The van der Waals surface area contributed by atoms with Crippen molar-refractivity contribution in [1.29, 1.82) is 0 Å². The van der Waals surface area contributed by atoms with Crippen LogP contribution in [0.15, 0.2) is 29.3 Å². The summed E-state index contributed by atoms with van der Waals surface area (Å²) in [4.78, 5) is 150. The second-order valence-electron chi connectivity index (χ2n) is 19.5. The Morgan fingerprint density at radius 3 is 1.66 bits per heavy atom. The van der Waals surface area contributed by atoms with Crippen LogP contribution >= 0.6 is 11.8 Å². The fraction of sp³-hybridized carbons (Fsp3) is 0.640. The lowest BCUT2D eigenvalue weighted by Crippen LogP contribution is -2.61. The maximum atomic E-state index is 14.3. The Morgan fingerprint density at radius 1 is 0.595 bits per heavy atom. The van der Waals surface area contributed by atoms with Gasteiger partial charge < -0.3 is 85.9 Å². The second-order valence-corrected chi connectivity index (χ2v) is 20.4. The van der Waals surface area contributed by atoms with Gasteiger partial charge in [0.2, 0.25) is 47.3 Å². The first kappa shape index (κ1) is 69.7. The number of benzene rings is 1.